The Kier molecular flexibility index (Phi) is 8.06. The number of benzene rings is 1. The molecule has 1 atom stereocenters. The summed E-state index contributed by atoms with van der Waals surface area (Å²) in [6.07, 6.45) is 4.99. The van der Waals surface area contributed by atoms with Crippen molar-refractivity contribution in [3.63, 3.8) is 0 Å². The van der Waals surface area contributed by atoms with E-state index in [0.717, 1.165) is 18.4 Å². The molecule has 4 aromatic rings. The van der Waals surface area contributed by atoms with Crippen molar-refractivity contribution < 1.29 is 18.7 Å². The Balaban J connectivity index is 1.24. The highest BCUT2D eigenvalue weighted by Gasteiger charge is 2.34. The molecule has 0 saturated carbocycles. The van der Waals surface area contributed by atoms with Crippen LogP contribution in [0.3, 0.4) is 0 Å². The number of unbranched alkanes of at least 4 members (excludes halogenated alkanes) is 1. The lowest BCUT2D eigenvalue weighted by atomic mass is 10.1. The molecule has 0 aliphatic carbocycles. The molecule has 2 fully saturated rings. The van der Waals surface area contributed by atoms with Gasteiger partial charge in [-0.1, -0.05) is 24.9 Å². The molecule has 2 aliphatic heterocycles. The van der Waals surface area contributed by atoms with Crippen molar-refractivity contribution in [2.24, 2.45) is 7.05 Å². The number of morpholine rings is 1. The first-order valence-electron chi connectivity index (χ1n) is 14.4. The predicted octanol–water partition coefficient (Wildman–Crippen LogP) is 4.66. The van der Waals surface area contributed by atoms with E-state index in [2.05, 4.69) is 17.0 Å². The van der Waals surface area contributed by atoms with Gasteiger partial charge in [0.2, 0.25) is 0 Å². The smallest absolute Gasteiger partial charge is 0.409 e. The number of hydrogen-bond donors (Lipinski definition) is 0. The van der Waals surface area contributed by atoms with Crippen LogP contribution in [0.2, 0.25) is 5.02 Å². The number of amides is 1. The van der Waals surface area contributed by atoms with E-state index in [4.69, 9.17) is 26.1 Å². The number of likely N-dealkylation sites (tertiary alicyclic amines) is 1. The molecule has 0 spiro atoms. The molecule has 2 saturated heterocycles. The third-order valence-corrected chi connectivity index (χ3v) is 8.29. The Morgan fingerprint density at radius 2 is 2.02 bits per heavy atom. The number of rotatable bonds is 7. The van der Waals surface area contributed by atoms with Gasteiger partial charge in [0.05, 0.1) is 42.0 Å². The third-order valence-electron chi connectivity index (χ3n) is 8.06. The van der Waals surface area contributed by atoms with E-state index in [9.17, 15) is 9.59 Å². The molecule has 43 heavy (non-hydrogen) atoms. The Bertz CT molecular complexity index is 1740. The number of ether oxygens (including phenoxy) is 2. The van der Waals surface area contributed by atoms with Crippen molar-refractivity contribution >= 4 is 34.4 Å². The summed E-state index contributed by atoms with van der Waals surface area (Å²) in [4.78, 5) is 38.7. The zero-order valence-corrected chi connectivity index (χ0v) is 25.1. The summed E-state index contributed by atoms with van der Waals surface area (Å²) in [5.74, 6) is 0.527. The number of aryl methyl sites for hydroxylation is 1. The van der Waals surface area contributed by atoms with Crippen LogP contribution in [0.4, 0.5) is 15.0 Å². The van der Waals surface area contributed by atoms with Crippen molar-refractivity contribution in [3.8, 4) is 11.3 Å². The number of aromatic nitrogens is 5. The molecule has 3 aromatic heterocycles. The van der Waals surface area contributed by atoms with Gasteiger partial charge in [0.15, 0.2) is 0 Å². The van der Waals surface area contributed by atoms with Gasteiger partial charge in [0.25, 0.3) is 5.56 Å². The van der Waals surface area contributed by atoms with Crippen LogP contribution in [0.25, 0.3) is 22.2 Å². The number of carbonyl (C=O) groups excluding carboxylic acids is 1. The molecule has 2 aliphatic rings. The maximum absolute atomic E-state index is 15.1. The summed E-state index contributed by atoms with van der Waals surface area (Å²) in [5, 5.41) is 5.04. The monoisotopic (exact) mass is 609 g/mol. The molecule has 0 N–H and O–H groups in total. The van der Waals surface area contributed by atoms with Crippen molar-refractivity contribution in [2.45, 2.75) is 38.8 Å². The van der Waals surface area contributed by atoms with Gasteiger partial charge in [-0.2, -0.15) is 5.10 Å². The quantitative estimate of drug-likeness (QED) is 0.278. The van der Waals surface area contributed by atoms with Gasteiger partial charge in [-0.25, -0.2) is 19.2 Å². The van der Waals surface area contributed by atoms with Crippen LogP contribution in [0.1, 0.15) is 43.3 Å². The van der Waals surface area contributed by atoms with Crippen molar-refractivity contribution in [2.75, 3.05) is 44.3 Å². The highest BCUT2D eigenvalue weighted by Crippen LogP contribution is 2.33. The Hall–Kier alpha value is -4.03. The number of halogens is 2. The second kappa shape index (κ2) is 11.9. The van der Waals surface area contributed by atoms with E-state index >= 15 is 4.39 Å². The molecular weight excluding hydrogens is 577 g/mol. The Morgan fingerprint density at radius 1 is 1.21 bits per heavy atom. The highest BCUT2D eigenvalue weighted by molar-refractivity contribution is 6.30. The van der Waals surface area contributed by atoms with Gasteiger partial charge in [0, 0.05) is 61.6 Å². The van der Waals surface area contributed by atoms with Crippen LogP contribution in [0.15, 0.2) is 41.5 Å². The SMILES string of the molecule is CCCCOC(=O)N1CC(n2cc([C@H]3CN(c4cc5nc(C)n(C)c(=O)c5c(-c5ccc(Cl)cc5F)n4)CCO3)cn2)C1. The first kappa shape index (κ1) is 29.1. The molecule has 226 valence electrons. The van der Waals surface area contributed by atoms with Crippen LogP contribution in [0, 0.1) is 12.7 Å². The fourth-order valence-electron chi connectivity index (χ4n) is 5.36. The highest BCUT2D eigenvalue weighted by atomic mass is 35.5. The summed E-state index contributed by atoms with van der Waals surface area (Å²) in [6.45, 7) is 6.78. The van der Waals surface area contributed by atoms with Crippen molar-refractivity contribution in [1.29, 1.82) is 0 Å². The van der Waals surface area contributed by atoms with E-state index in [1.807, 2.05) is 15.8 Å². The van der Waals surface area contributed by atoms with E-state index in [-0.39, 0.29) is 45.5 Å². The maximum atomic E-state index is 15.1. The topological polar surface area (TPSA) is 108 Å². The molecule has 13 heteroatoms. The first-order chi connectivity index (χ1) is 20.7. The molecular formula is C30H33ClFN7O4. The lowest BCUT2D eigenvalue weighted by Crippen LogP contribution is -2.51. The maximum Gasteiger partial charge on any atom is 0.409 e. The summed E-state index contributed by atoms with van der Waals surface area (Å²) >= 11 is 6.02. The fraction of sp³-hybridized carbons (Fsp3) is 0.433. The van der Waals surface area contributed by atoms with Crippen LogP contribution in [0.5, 0.6) is 0 Å². The number of carbonyl (C=O) groups is 1. The molecule has 0 unspecified atom stereocenters. The molecule has 5 heterocycles. The zero-order valence-electron chi connectivity index (χ0n) is 24.3. The summed E-state index contributed by atoms with van der Waals surface area (Å²) in [6, 6.07) is 6.16. The largest absolute Gasteiger partial charge is 0.449 e. The minimum atomic E-state index is -0.572. The van der Waals surface area contributed by atoms with Gasteiger partial charge in [0.1, 0.15) is 23.6 Å². The lowest BCUT2D eigenvalue weighted by molar-refractivity contribution is 0.0388. The van der Waals surface area contributed by atoms with Crippen molar-refractivity contribution in [3.05, 3.63) is 69.2 Å². The van der Waals surface area contributed by atoms with Crippen molar-refractivity contribution in [1.82, 2.24) is 29.2 Å². The minimum absolute atomic E-state index is 0.0723. The van der Waals surface area contributed by atoms with Crippen LogP contribution in [-0.2, 0) is 16.5 Å². The number of pyridine rings is 1. The number of nitrogens with zero attached hydrogens (tertiary/aromatic N) is 7. The van der Waals surface area contributed by atoms with Gasteiger partial charge in [-0.3, -0.25) is 14.0 Å². The molecule has 0 radical (unpaired) electrons. The van der Waals surface area contributed by atoms with Gasteiger partial charge in [-0.15, -0.1) is 0 Å². The first-order valence-corrected chi connectivity index (χ1v) is 14.8. The molecule has 6 rings (SSSR count). The second-order valence-electron chi connectivity index (χ2n) is 11.0. The van der Waals surface area contributed by atoms with E-state index in [0.29, 0.717) is 56.6 Å². The fourth-order valence-corrected chi connectivity index (χ4v) is 5.52. The van der Waals surface area contributed by atoms with E-state index in [1.165, 1.54) is 16.7 Å². The number of hydrogen-bond acceptors (Lipinski definition) is 8. The second-order valence-corrected chi connectivity index (χ2v) is 11.4. The third kappa shape index (κ3) is 5.68. The minimum Gasteiger partial charge on any atom is -0.449 e. The van der Waals surface area contributed by atoms with E-state index in [1.54, 1.807) is 37.2 Å². The zero-order chi connectivity index (χ0) is 30.2. The number of anilines is 1. The van der Waals surface area contributed by atoms with Crippen LogP contribution in [-0.4, -0.2) is 74.7 Å². The molecule has 1 aromatic carbocycles. The van der Waals surface area contributed by atoms with Gasteiger partial charge < -0.3 is 19.3 Å². The normalized spacial score (nSPS) is 17.4. The predicted molar refractivity (Wildman–Crippen MR) is 160 cm³/mol. The average Bonchev–Trinajstić information content (AvgIpc) is 3.45. The Morgan fingerprint density at radius 3 is 2.79 bits per heavy atom. The van der Waals surface area contributed by atoms with Gasteiger partial charge >= 0.3 is 6.09 Å². The summed E-state index contributed by atoms with van der Waals surface area (Å²) < 4.78 is 29.9. The standard InChI is InChI=1S/C30H33ClFN7O4/c1-4-5-9-43-30(41)38-15-21(16-38)39-14-19(13-33-39)25-17-37(8-10-42-25)26-12-24-27(29(40)36(3)18(2)34-24)28(35-26)22-7-6-20(31)11-23(22)32/h6-7,11-14,21,25H,4-5,8-10,15-17H2,1-3H3/t25-/m1/s1. The molecule has 11 nitrogen and oxygen atoms in total. The van der Waals surface area contributed by atoms with Crippen LogP contribution >= 0.6 is 11.6 Å². The summed E-state index contributed by atoms with van der Waals surface area (Å²) in [7, 11) is 1.63. The average molecular weight is 610 g/mol. The molecule has 1 amide bonds. The Labute approximate surface area is 252 Å². The number of fused-ring (bicyclic) bond motifs is 1. The van der Waals surface area contributed by atoms with Gasteiger partial charge in [-0.05, 0) is 31.5 Å². The summed E-state index contributed by atoms with van der Waals surface area (Å²) in [5.41, 5.74) is 1.43. The van der Waals surface area contributed by atoms with E-state index < -0.39 is 5.82 Å². The lowest BCUT2D eigenvalue weighted by Gasteiger charge is -2.38. The molecule has 0 bridgehead atoms. The van der Waals surface area contributed by atoms with Crippen LogP contribution < -0.4 is 10.5 Å².